The second kappa shape index (κ2) is 8.21. The number of halogens is 18. The Morgan fingerprint density at radius 3 is 1.19 bits per heavy atom. The van der Waals surface area contributed by atoms with E-state index in [1.807, 2.05) is 15.9 Å². The number of rotatable bonds is 9. The van der Waals surface area contributed by atoms with Gasteiger partial charge in [-0.2, -0.15) is 74.6 Å². The molecule has 2 nitrogen and oxygen atoms in total. The number of hydrogen-bond donors (Lipinski definition) is 0. The van der Waals surface area contributed by atoms with Crippen LogP contribution in [-0.2, 0) is 9.53 Å². The summed E-state index contributed by atoms with van der Waals surface area (Å²) in [7, 11) is 0.416. The SMILES string of the molecule is COC(=O)C(Br)CC(F)(F)C(F)(F)C(F)(F)C(F)(F)C(F)(F)C(F)(F)C(F)(F)C(F)(F)F. The third kappa shape index (κ3) is 4.19. The molecule has 0 aliphatic carbocycles. The van der Waals surface area contributed by atoms with Gasteiger partial charge in [-0.05, 0) is 0 Å². The monoisotopic (exact) mass is 584 g/mol. The fourth-order valence-electron chi connectivity index (χ4n) is 1.76. The second-order valence-corrected chi connectivity index (χ2v) is 6.95. The maximum absolute atomic E-state index is 13.5. The normalized spacial score (nSPS) is 16.7. The fourth-order valence-corrected chi connectivity index (χ4v) is 2.35. The first-order chi connectivity index (χ1) is 13.6. The molecule has 0 spiro atoms. The standard InChI is InChI=1S/C12H6BrF17O2/c1-32-4(31)3(13)2-5(14,15)6(16,17)7(18,19)8(20,21)9(22,23)10(24,25)11(26,27)12(28,29)30/h3H,2H2,1H3. The Labute approximate surface area is 173 Å². The van der Waals surface area contributed by atoms with Crippen LogP contribution in [0.3, 0.4) is 0 Å². The van der Waals surface area contributed by atoms with Gasteiger partial charge in [0, 0.05) is 6.42 Å². The van der Waals surface area contributed by atoms with E-state index in [0.29, 0.717) is 7.11 Å². The average molecular weight is 585 g/mol. The van der Waals surface area contributed by atoms with Gasteiger partial charge in [0.15, 0.2) is 0 Å². The van der Waals surface area contributed by atoms with Gasteiger partial charge >= 0.3 is 53.6 Å². The number of alkyl halides is 18. The van der Waals surface area contributed by atoms with Gasteiger partial charge in [-0.1, -0.05) is 15.9 Å². The van der Waals surface area contributed by atoms with Gasteiger partial charge in [0.25, 0.3) is 0 Å². The third-order valence-electron chi connectivity index (χ3n) is 3.68. The molecule has 20 heteroatoms. The van der Waals surface area contributed by atoms with Gasteiger partial charge in [-0.15, -0.1) is 0 Å². The Bertz CT molecular complexity index is 698. The topological polar surface area (TPSA) is 26.3 Å². The molecule has 32 heavy (non-hydrogen) atoms. The minimum atomic E-state index is -8.68. The molecule has 1 atom stereocenters. The molecule has 0 aromatic heterocycles. The van der Waals surface area contributed by atoms with Crippen molar-refractivity contribution in [2.45, 2.75) is 58.9 Å². The van der Waals surface area contributed by atoms with Crippen molar-refractivity contribution in [3.05, 3.63) is 0 Å². The van der Waals surface area contributed by atoms with Crippen molar-refractivity contribution in [3.8, 4) is 0 Å². The van der Waals surface area contributed by atoms with Crippen LogP contribution in [0.4, 0.5) is 74.6 Å². The highest BCUT2D eigenvalue weighted by molar-refractivity contribution is 9.10. The molecule has 0 aromatic carbocycles. The smallest absolute Gasteiger partial charge is 0.460 e. The van der Waals surface area contributed by atoms with Crippen molar-refractivity contribution in [1.29, 1.82) is 0 Å². The molecular weight excluding hydrogens is 579 g/mol. The zero-order valence-corrected chi connectivity index (χ0v) is 16.0. The number of hydrogen-bond acceptors (Lipinski definition) is 2. The zero-order valence-electron chi connectivity index (χ0n) is 14.4. The molecule has 0 fully saturated rings. The average Bonchev–Trinajstić information content (AvgIpc) is 2.58. The molecule has 0 aliphatic rings. The largest absolute Gasteiger partial charge is 0.468 e. The van der Waals surface area contributed by atoms with Crippen LogP contribution in [0.15, 0.2) is 0 Å². The van der Waals surface area contributed by atoms with E-state index >= 15 is 0 Å². The second-order valence-electron chi connectivity index (χ2n) is 5.84. The van der Waals surface area contributed by atoms with Crippen molar-refractivity contribution in [1.82, 2.24) is 0 Å². The van der Waals surface area contributed by atoms with Crippen LogP contribution in [0.5, 0.6) is 0 Å². The van der Waals surface area contributed by atoms with Crippen LogP contribution in [0.2, 0.25) is 0 Å². The summed E-state index contributed by atoms with van der Waals surface area (Å²) < 4.78 is 225. The summed E-state index contributed by atoms with van der Waals surface area (Å²) in [6.45, 7) is 0. The molecule has 0 bridgehead atoms. The van der Waals surface area contributed by atoms with Crippen LogP contribution in [0.1, 0.15) is 6.42 Å². The van der Waals surface area contributed by atoms with E-state index < -0.39 is 64.9 Å². The van der Waals surface area contributed by atoms with E-state index in [2.05, 4.69) is 4.74 Å². The number of ether oxygens (including phenoxy) is 1. The van der Waals surface area contributed by atoms with E-state index in [1.54, 1.807) is 0 Å². The van der Waals surface area contributed by atoms with Crippen molar-refractivity contribution in [3.63, 3.8) is 0 Å². The van der Waals surface area contributed by atoms with Crippen molar-refractivity contribution < 1.29 is 84.2 Å². The summed E-state index contributed by atoms with van der Waals surface area (Å²) in [5.74, 6) is -58.9. The van der Waals surface area contributed by atoms with Gasteiger partial charge in [-0.25, -0.2) is 0 Å². The summed E-state index contributed by atoms with van der Waals surface area (Å²) >= 11 is 1.86. The Morgan fingerprint density at radius 2 is 0.906 bits per heavy atom. The van der Waals surface area contributed by atoms with Crippen LogP contribution in [0.25, 0.3) is 0 Å². The lowest BCUT2D eigenvalue weighted by Crippen LogP contribution is -2.74. The van der Waals surface area contributed by atoms with Gasteiger partial charge in [0.1, 0.15) is 4.83 Å². The Kier molecular flexibility index (Phi) is 7.89. The van der Waals surface area contributed by atoms with Crippen LogP contribution in [-0.4, -0.2) is 65.5 Å². The van der Waals surface area contributed by atoms with Crippen LogP contribution >= 0.6 is 15.9 Å². The van der Waals surface area contributed by atoms with E-state index in [4.69, 9.17) is 0 Å². The molecule has 0 radical (unpaired) electrons. The van der Waals surface area contributed by atoms with Gasteiger partial charge < -0.3 is 4.74 Å². The predicted octanol–water partition coefficient (Wildman–Crippen LogP) is 6.32. The lowest BCUT2D eigenvalue weighted by molar-refractivity contribution is -0.461. The van der Waals surface area contributed by atoms with Crippen molar-refractivity contribution in [2.24, 2.45) is 0 Å². The fraction of sp³-hybridized carbons (Fsp3) is 0.917. The summed E-state index contributed by atoms with van der Waals surface area (Å²) in [6.07, 6.45) is -10.7. The molecule has 0 N–H and O–H groups in total. The Balaban J connectivity index is 6.62. The molecule has 0 amide bonds. The lowest BCUT2D eigenvalue weighted by Gasteiger charge is -2.43. The maximum atomic E-state index is 13.5. The number of esters is 1. The van der Waals surface area contributed by atoms with Crippen molar-refractivity contribution >= 4 is 21.9 Å². The van der Waals surface area contributed by atoms with Crippen LogP contribution < -0.4 is 0 Å². The first kappa shape index (κ1) is 30.8. The highest BCUT2D eigenvalue weighted by Gasteiger charge is 2.95. The van der Waals surface area contributed by atoms with E-state index in [9.17, 15) is 79.4 Å². The molecule has 0 aromatic rings. The highest BCUT2D eigenvalue weighted by atomic mass is 79.9. The first-order valence-electron chi connectivity index (χ1n) is 7.05. The third-order valence-corrected chi connectivity index (χ3v) is 4.38. The van der Waals surface area contributed by atoms with E-state index in [1.165, 1.54) is 0 Å². The lowest BCUT2D eigenvalue weighted by atomic mass is 9.88. The Hall–Kier alpha value is -1.24. The number of carbonyl (C=O) groups excluding carboxylic acids is 1. The molecule has 0 saturated carbocycles. The summed E-state index contributed by atoms with van der Waals surface area (Å²) in [6, 6.07) is 0. The molecule has 0 heterocycles. The number of methoxy groups -OCH3 is 1. The molecule has 1 unspecified atom stereocenters. The van der Waals surface area contributed by atoms with E-state index in [-0.39, 0.29) is 0 Å². The summed E-state index contributed by atoms with van der Waals surface area (Å²) in [4.78, 5) is 8.15. The zero-order chi connectivity index (χ0) is 26.6. The predicted molar refractivity (Wildman–Crippen MR) is 70.0 cm³/mol. The molecule has 0 aliphatic heterocycles. The summed E-state index contributed by atoms with van der Waals surface area (Å²) in [5, 5.41) is 0. The maximum Gasteiger partial charge on any atom is 0.460 e. The quantitative estimate of drug-likeness (QED) is 0.180. The first-order valence-corrected chi connectivity index (χ1v) is 7.96. The minimum absolute atomic E-state index is 0.416. The van der Waals surface area contributed by atoms with Crippen LogP contribution in [0, 0.1) is 0 Å². The van der Waals surface area contributed by atoms with E-state index in [0.717, 1.165) is 0 Å². The number of carbonyl (C=O) groups is 1. The highest BCUT2D eigenvalue weighted by Crippen LogP contribution is 2.64. The molecule has 192 valence electrons. The molecule has 0 rings (SSSR count). The van der Waals surface area contributed by atoms with Gasteiger partial charge in [0.05, 0.1) is 7.11 Å². The molecular formula is C12H6BrF17O2. The molecule has 0 saturated heterocycles. The van der Waals surface area contributed by atoms with Gasteiger partial charge in [-0.3, -0.25) is 4.79 Å². The summed E-state index contributed by atoms with van der Waals surface area (Å²) in [5.41, 5.74) is 0. The Morgan fingerprint density at radius 1 is 0.625 bits per heavy atom. The van der Waals surface area contributed by atoms with Crippen molar-refractivity contribution in [2.75, 3.05) is 7.11 Å². The minimum Gasteiger partial charge on any atom is -0.468 e. The van der Waals surface area contributed by atoms with Gasteiger partial charge in [0.2, 0.25) is 0 Å².